The fourth-order valence-corrected chi connectivity index (χ4v) is 5.70. The summed E-state index contributed by atoms with van der Waals surface area (Å²) in [5.41, 5.74) is 0.331. The Bertz CT molecular complexity index is 1140. The number of carbonyl (C=O) groups excluding carboxylic acids is 1. The van der Waals surface area contributed by atoms with Crippen LogP contribution in [0.3, 0.4) is 0 Å². The van der Waals surface area contributed by atoms with E-state index in [-0.39, 0.29) is 18.1 Å². The zero-order valence-corrected chi connectivity index (χ0v) is 20.4. The van der Waals surface area contributed by atoms with E-state index in [9.17, 15) is 15.2 Å². The van der Waals surface area contributed by atoms with E-state index in [1.54, 1.807) is 31.4 Å². The van der Waals surface area contributed by atoms with Gasteiger partial charge in [0.05, 0.1) is 42.7 Å². The van der Waals surface area contributed by atoms with E-state index in [1.807, 2.05) is 32.0 Å². The topological polar surface area (TPSA) is 92.0 Å². The van der Waals surface area contributed by atoms with Crippen molar-refractivity contribution in [2.24, 2.45) is 0 Å². The van der Waals surface area contributed by atoms with Gasteiger partial charge in [0.2, 0.25) is 5.91 Å². The molecule has 2 aromatic carbocycles. The maximum absolute atomic E-state index is 13.4. The summed E-state index contributed by atoms with van der Waals surface area (Å²) in [4.78, 5) is 14.8. The molecule has 0 unspecified atom stereocenters. The second-order valence-corrected chi connectivity index (χ2v) is 9.10. The quantitative estimate of drug-likeness (QED) is 0.594. The van der Waals surface area contributed by atoms with Crippen molar-refractivity contribution in [3.05, 3.63) is 64.2 Å². The molecule has 4 rings (SSSR count). The van der Waals surface area contributed by atoms with Crippen LogP contribution in [0.25, 0.3) is 0 Å². The molecule has 0 spiro atoms. The molecule has 34 heavy (non-hydrogen) atoms. The Morgan fingerprint density at radius 2 is 1.94 bits per heavy atom. The average molecular weight is 481 g/mol. The van der Waals surface area contributed by atoms with E-state index in [0.717, 1.165) is 12.0 Å². The minimum atomic E-state index is -1.52. The van der Waals surface area contributed by atoms with Crippen LogP contribution < -0.4 is 14.2 Å². The third-order valence-electron chi connectivity index (χ3n) is 5.99. The van der Waals surface area contributed by atoms with Gasteiger partial charge in [-0.15, -0.1) is 11.8 Å². The van der Waals surface area contributed by atoms with Gasteiger partial charge in [-0.25, -0.2) is 0 Å². The molecule has 1 N–H and O–H groups in total. The van der Waals surface area contributed by atoms with E-state index >= 15 is 0 Å². The number of aliphatic hydroxyl groups is 1. The Morgan fingerprint density at radius 1 is 1.18 bits per heavy atom. The number of hydrogen-bond acceptors (Lipinski definition) is 7. The van der Waals surface area contributed by atoms with Gasteiger partial charge < -0.3 is 19.3 Å². The van der Waals surface area contributed by atoms with Crippen LogP contribution in [0.1, 0.15) is 43.7 Å². The Hall–Kier alpha value is -3.15. The zero-order chi connectivity index (χ0) is 24.3. The van der Waals surface area contributed by atoms with E-state index < -0.39 is 11.6 Å². The Labute approximate surface area is 203 Å². The summed E-state index contributed by atoms with van der Waals surface area (Å²) in [5.74, 6) is 1.47. The van der Waals surface area contributed by atoms with Crippen LogP contribution in [0.2, 0.25) is 0 Å². The molecule has 2 aliphatic heterocycles. The van der Waals surface area contributed by atoms with Gasteiger partial charge in [0, 0.05) is 17.9 Å². The number of rotatable bonds is 8. The van der Waals surface area contributed by atoms with Crippen LogP contribution in [0.4, 0.5) is 0 Å². The van der Waals surface area contributed by atoms with E-state index in [1.165, 1.54) is 16.7 Å². The van der Waals surface area contributed by atoms with Gasteiger partial charge in [0.25, 0.3) is 0 Å². The van der Waals surface area contributed by atoms with Crippen molar-refractivity contribution in [3.8, 4) is 23.3 Å². The molecule has 2 heterocycles. The molecule has 1 amide bonds. The number of amides is 1. The Morgan fingerprint density at radius 3 is 2.59 bits per heavy atom. The number of hydrogen-bond donors (Lipinski definition) is 1. The highest BCUT2D eigenvalue weighted by molar-refractivity contribution is 8.03. The maximum Gasteiger partial charge on any atom is 0.231 e. The van der Waals surface area contributed by atoms with E-state index in [4.69, 9.17) is 14.2 Å². The fourth-order valence-electron chi connectivity index (χ4n) is 4.34. The van der Waals surface area contributed by atoms with E-state index in [0.29, 0.717) is 46.6 Å². The third-order valence-corrected chi connectivity index (χ3v) is 7.21. The number of fused-ring (bicyclic) bond motifs is 1. The first kappa shape index (κ1) is 24.0. The first-order valence-corrected chi connectivity index (χ1v) is 12.3. The first-order valence-electron chi connectivity index (χ1n) is 11.3. The lowest BCUT2D eigenvalue weighted by Crippen LogP contribution is -2.48. The minimum absolute atomic E-state index is 0.0740. The van der Waals surface area contributed by atoms with Gasteiger partial charge in [0.15, 0.2) is 17.2 Å². The lowest BCUT2D eigenvalue weighted by atomic mass is 9.85. The highest BCUT2D eigenvalue weighted by atomic mass is 32.2. The second-order valence-electron chi connectivity index (χ2n) is 8.14. The largest absolute Gasteiger partial charge is 0.494 e. The molecule has 1 saturated heterocycles. The van der Waals surface area contributed by atoms with Crippen LogP contribution >= 0.6 is 11.8 Å². The maximum atomic E-state index is 13.4. The lowest BCUT2D eigenvalue weighted by Gasteiger charge is -2.38. The summed E-state index contributed by atoms with van der Waals surface area (Å²) in [6, 6.07) is 14.9. The number of thioether (sulfide) groups is 1. The molecule has 0 aliphatic carbocycles. The molecule has 0 aromatic heterocycles. The van der Waals surface area contributed by atoms with Crippen molar-refractivity contribution in [1.82, 2.24) is 4.90 Å². The van der Waals surface area contributed by atoms with Gasteiger partial charge in [-0.05, 0) is 43.2 Å². The van der Waals surface area contributed by atoms with Crippen molar-refractivity contribution < 1.29 is 24.1 Å². The molecule has 7 nitrogen and oxygen atoms in total. The van der Waals surface area contributed by atoms with Gasteiger partial charge in [0.1, 0.15) is 5.75 Å². The Kier molecular flexibility index (Phi) is 7.05. The smallest absolute Gasteiger partial charge is 0.231 e. The zero-order valence-electron chi connectivity index (χ0n) is 19.5. The number of ether oxygens (including phenoxy) is 3. The number of benzene rings is 2. The highest BCUT2D eigenvalue weighted by Gasteiger charge is 2.51. The highest BCUT2D eigenvalue weighted by Crippen LogP contribution is 2.52. The summed E-state index contributed by atoms with van der Waals surface area (Å²) < 4.78 is 16.7. The van der Waals surface area contributed by atoms with Gasteiger partial charge in [-0.3, -0.25) is 9.69 Å². The number of nitrogens with zero attached hydrogens (tertiary/aromatic N) is 2. The summed E-state index contributed by atoms with van der Waals surface area (Å²) in [6.07, 6.45) is 0.946. The van der Waals surface area contributed by atoms with Crippen molar-refractivity contribution in [1.29, 1.82) is 5.26 Å². The normalized spacial score (nSPS) is 21.8. The molecule has 8 heteroatoms. The van der Waals surface area contributed by atoms with Crippen LogP contribution in [-0.2, 0) is 10.5 Å². The second kappa shape index (κ2) is 10.00. The number of allylic oxidation sites excluding steroid dienone is 1. The number of nitriles is 1. The van der Waals surface area contributed by atoms with Crippen molar-refractivity contribution >= 4 is 17.7 Å². The van der Waals surface area contributed by atoms with Crippen LogP contribution in [0.5, 0.6) is 17.2 Å². The summed E-state index contributed by atoms with van der Waals surface area (Å²) in [5, 5.41) is 22.2. The van der Waals surface area contributed by atoms with Crippen LogP contribution in [0.15, 0.2) is 53.1 Å². The summed E-state index contributed by atoms with van der Waals surface area (Å²) >= 11 is 1.33. The van der Waals surface area contributed by atoms with Crippen LogP contribution in [-0.4, -0.2) is 42.0 Å². The monoisotopic (exact) mass is 480 g/mol. The molecule has 0 saturated carbocycles. The van der Waals surface area contributed by atoms with Crippen molar-refractivity contribution in [2.75, 3.05) is 26.1 Å². The molecule has 2 atom stereocenters. The fraction of sp³-hybridized carbons (Fsp3) is 0.385. The molecular formula is C26H28N2O5S. The van der Waals surface area contributed by atoms with Gasteiger partial charge >= 0.3 is 0 Å². The Balaban J connectivity index is 1.69. The van der Waals surface area contributed by atoms with Gasteiger partial charge in [-0.2, -0.15) is 5.26 Å². The molecular weight excluding hydrogens is 452 g/mol. The summed E-state index contributed by atoms with van der Waals surface area (Å²) in [7, 11) is 1.57. The molecule has 0 bridgehead atoms. The standard InChI is InChI=1S/C26H28N2O5S/c1-4-12-33-22-11-6-17(13-23(22)31-3)20-14-24(29)28-25(21(20)15-27)34-16-26(28,30)18-7-9-19(10-8-18)32-5-2/h6-11,13,20,30H,4-5,12,14,16H2,1-3H3/t20-,26+/m0/s1. The average Bonchev–Trinajstić information content (AvgIpc) is 3.22. The van der Waals surface area contributed by atoms with Gasteiger partial charge in [-0.1, -0.05) is 25.1 Å². The third kappa shape index (κ3) is 4.22. The number of carbonyl (C=O) groups is 1. The number of methoxy groups -OCH3 is 1. The van der Waals surface area contributed by atoms with Crippen molar-refractivity contribution in [2.45, 2.75) is 38.3 Å². The predicted octanol–water partition coefficient (Wildman–Crippen LogP) is 4.53. The first-order chi connectivity index (χ1) is 16.5. The summed E-state index contributed by atoms with van der Waals surface area (Å²) in [6.45, 7) is 5.04. The molecule has 2 aromatic rings. The molecule has 1 fully saturated rings. The van der Waals surface area contributed by atoms with Crippen LogP contribution in [0, 0.1) is 11.3 Å². The minimum Gasteiger partial charge on any atom is -0.494 e. The molecule has 178 valence electrons. The molecule has 0 radical (unpaired) electrons. The predicted molar refractivity (Wildman–Crippen MR) is 130 cm³/mol. The molecule has 2 aliphatic rings. The lowest BCUT2D eigenvalue weighted by molar-refractivity contribution is -0.149. The van der Waals surface area contributed by atoms with E-state index in [2.05, 4.69) is 6.07 Å². The SMILES string of the molecule is CCCOc1ccc([C@@H]2CC(=O)N3C(=C2C#N)SC[C@@]3(O)c2ccc(OCC)cc2)cc1OC. The van der Waals surface area contributed by atoms with Crippen molar-refractivity contribution in [3.63, 3.8) is 0 Å².